The average molecular weight is 135 g/mol. The Morgan fingerprint density at radius 2 is 1.89 bits per heavy atom. The topological polar surface area (TPSA) is 20.2 Å². The van der Waals surface area contributed by atoms with E-state index in [-0.39, 0.29) is 13.0 Å². The van der Waals surface area contributed by atoms with Crippen molar-refractivity contribution in [1.29, 1.82) is 0 Å². The van der Waals surface area contributed by atoms with Crippen LogP contribution < -0.4 is 0 Å². The van der Waals surface area contributed by atoms with Crippen LogP contribution in [-0.2, 0) is 0 Å². The van der Waals surface area contributed by atoms with Gasteiger partial charge in [0.1, 0.15) is 0 Å². The second-order valence-electron chi connectivity index (χ2n) is 2.06. The highest BCUT2D eigenvalue weighted by atomic mass is 16.2. The van der Waals surface area contributed by atoms with Crippen molar-refractivity contribution in [2.75, 3.05) is 6.61 Å². The van der Waals surface area contributed by atoms with E-state index in [1.54, 1.807) is 0 Å². The van der Waals surface area contributed by atoms with Crippen molar-refractivity contribution in [2.45, 2.75) is 45.3 Å². The zero-order chi connectivity index (χ0) is 11.2. The molecule has 0 saturated heterocycles. The second-order valence-corrected chi connectivity index (χ2v) is 2.06. The van der Waals surface area contributed by atoms with Crippen LogP contribution in [0.4, 0.5) is 0 Å². The van der Waals surface area contributed by atoms with Gasteiger partial charge in [-0.25, -0.2) is 0 Å². The molecular weight excluding hydrogens is 112 g/mol. The Balaban J connectivity index is 3.67. The van der Waals surface area contributed by atoms with E-state index < -0.39 is 13.2 Å². The minimum atomic E-state index is -2.52. The molecule has 0 aromatic carbocycles. The molecule has 0 rings (SSSR count). The highest BCUT2D eigenvalue weighted by Gasteiger charge is 1.86. The van der Waals surface area contributed by atoms with Gasteiger partial charge in [-0.05, 0) is 6.42 Å². The molecule has 0 aromatic rings. The van der Waals surface area contributed by atoms with Gasteiger partial charge in [0.15, 0.2) is 0 Å². The Morgan fingerprint density at radius 1 is 1.22 bits per heavy atom. The van der Waals surface area contributed by atoms with Crippen molar-refractivity contribution < 1.29 is 12.0 Å². The summed E-state index contributed by atoms with van der Waals surface area (Å²) in [5.74, 6) is 0. The quantitative estimate of drug-likeness (QED) is 0.554. The monoisotopic (exact) mass is 135 g/mol. The molecule has 0 aliphatic heterocycles. The molecule has 56 valence electrons. The molecule has 0 amide bonds. The molecule has 0 saturated carbocycles. The average Bonchev–Trinajstić information content (AvgIpc) is 2.02. The summed E-state index contributed by atoms with van der Waals surface area (Å²) in [6.45, 7) is -2.38. The van der Waals surface area contributed by atoms with Gasteiger partial charge in [0.25, 0.3) is 0 Å². The summed E-state index contributed by atoms with van der Waals surface area (Å²) in [5.41, 5.74) is 0. The van der Waals surface area contributed by atoms with Crippen molar-refractivity contribution in [1.82, 2.24) is 0 Å². The number of hydrogen-bond donors (Lipinski definition) is 1. The predicted molar refractivity (Wildman–Crippen MR) is 40.5 cm³/mol. The van der Waals surface area contributed by atoms with Gasteiger partial charge < -0.3 is 5.11 Å². The lowest BCUT2D eigenvalue weighted by Crippen LogP contribution is -1.82. The Labute approximate surface area is 65.1 Å². The summed E-state index contributed by atoms with van der Waals surface area (Å²) in [4.78, 5) is 0. The van der Waals surface area contributed by atoms with Crippen molar-refractivity contribution in [3.8, 4) is 0 Å². The lowest BCUT2D eigenvalue weighted by Gasteiger charge is -1.95. The molecule has 0 unspecified atom stereocenters. The molecule has 0 fully saturated rings. The van der Waals surface area contributed by atoms with E-state index in [1.807, 2.05) is 0 Å². The fraction of sp³-hybridized carbons (Fsp3) is 1.00. The minimum Gasteiger partial charge on any atom is -0.396 e. The van der Waals surface area contributed by atoms with Gasteiger partial charge in [-0.2, -0.15) is 0 Å². The van der Waals surface area contributed by atoms with Crippen molar-refractivity contribution in [2.24, 2.45) is 0 Å². The summed E-state index contributed by atoms with van der Waals surface area (Å²) < 4.78 is 35.5. The first-order chi connectivity index (χ1) is 6.31. The van der Waals surface area contributed by atoms with E-state index in [0.29, 0.717) is 12.8 Å². The Hall–Kier alpha value is -0.0400. The maximum atomic E-state index is 8.49. The van der Waals surface area contributed by atoms with Gasteiger partial charge in [0.2, 0.25) is 0 Å². The number of unbranched alkanes of at least 4 members (excludes halogenated alkanes) is 3. The molecule has 9 heavy (non-hydrogen) atoms. The smallest absolute Gasteiger partial charge is 0.0431 e. The van der Waals surface area contributed by atoms with Crippen LogP contribution in [0.5, 0.6) is 0 Å². The van der Waals surface area contributed by atoms with E-state index in [2.05, 4.69) is 0 Å². The maximum absolute atomic E-state index is 8.49. The van der Waals surface area contributed by atoms with Gasteiger partial charge in [0.05, 0.1) is 0 Å². The van der Waals surface area contributed by atoms with Gasteiger partial charge in [-0.15, -0.1) is 0 Å². The molecule has 0 radical (unpaired) electrons. The molecule has 0 aliphatic rings. The number of aliphatic hydroxyl groups is 1. The lowest BCUT2D eigenvalue weighted by molar-refractivity contribution is 0.282. The van der Waals surface area contributed by atoms with Crippen LogP contribution in [0, 0.1) is 0 Å². The van der Waals surface area contributed by atoms with E-state index in [0.717, 1.165) is 12.8 Å². The summed E-state index contributed by atoms with van der Waals surface area (Å²) in [6.07, 6.45) is 0.854. The molecule has 0 aromatic heterocycles. The number of aliphatic hydroxyl groups excluding tert-OH is 1. The Morgan fingerprint density at radius 3 is 2.56 bits per heavy atom. The van der Waals surface area contributed by atoms with Crippen molar-refractivity contribution in [3.05, 3.63) is 0 Å². The molecule has 0 aliphatic carbocycles. The van der Waals surface area contributed by atoms with Crippen LogP contribution >= 0.6 is 0 Å². The third-order valence-corrected chi connectivity index (χ3v) is 1.21. The molecule has 0 bridgehead atoms. The first kappa shape index (κ1) is 3.38. The van der Waals surface area contributed by atoms with E-state index >= 15 is 0 Å². The molecule has 1 heteroatoms. The van der Waals surface area contributed by atoms with Gasteiger partial charge >= 0.3 is 0 Å². The van der Waals surface area contributed by atoms with Crippen LogP contribution in [0.25, 0.3) is 0 Å². The molecule has 0 heterocycles. The standard InChI is InChI=1S/C8H18O/c1-2-3-4-5-6-7-8-9/h9H,2-8H2,1H3/i1D3,2D2. The number of rotatable bonds is 6. The zero-order valence-electron chi connectivity index (χ0n) is 10.7. The fourth-order valence-corrected chi connectivity index (χ4v) is 0.679. The SMILES string of the molecule is [2H]C([2H])([2H])C([2H])([2H])CCCCCCO. The van der Waals surface area contributed by atoms with E-state index in [9.17, 15) is 0 Å². The largest absolute Gasteiger partial charge is 0.396 e. The molecule has 0 atom stereocenters. The highest BCUT2D eigenvalue weighted by Crippen LogP contribution is 2.03. The lowest BCUT2D eigenvalue weighted by atomic mass is 10.1. The van der Waals surface area contributed by atoms with Crippen LogP contribution in [-0.4, -0.2) is 11.7 Å². The van der Waals surface area contributed by atoms with Crippen LogP contribution in [0.1, 0.15) is 52.2 Å². The van der Waals surface area contributed by atoms with Gasteiger partial charge in [-0.3, -0.25) is 0 Å². The first-order valence-corrected chi connectivity index (χ1v) is 3.42. The first-order valence-electron chi connectivity index (χ1n) is 5.92. The van der Waals surface area contributed by atoms with Gasteiger partial charge in [0, 0.05) is 13.5 Å². The normalized spacial score (nSPS) is 21.2. The molecular formula is C8H18O. The Bertz CT molecular complexity index is 154. The maximum Gasteiger partial charge on any atom is 0.0431 e. The summed E-state index contributed by atoms with van der Waals surface area (Å²) in [6, 6.07) is 0. The summed E-state index contributed by atoms with van der Waals surface area (Å²) in [7, 11) is 0. The molecule has 0 spiro atoms. The van der Waals surface area contributed by atoms with Crippen molar-refractivity contribution >= 4 is 0 Å². The van der Waals surface area contributed by atoms with E-state index in [4.69, 9.17) is 12.0 Å². The minimum absolute atomic E-state index is 0.0644. The summed E-state index contributed by atoms with van der Waals surface area (Å²) in [5, 5.41) is 8.49. The zero-order valence-corrected chi connectivity index (χ0v) is 5.69. The number of hydrogen-bond acceptors (Lipinski definition) is 1. The predicted octanol–water partition coefficient (Wildman–Crippen LogP) is 2.34. The van der Waals surface area contributed by atoms with Crippen LogP contribution in [0.3, 0.4) is 0 Å². The van der Waals surface area contributed by atoms with Crippen LogP contribution in [0.2, 0.25) is 0 Å². The molecule has 1 N–H and O–H groups in total. The van der Waals surface area contributed by atoms with Gasteiger partial charge in [-0.1, -0.05) is 38.9 Å². The van der Waals surface area contributed by atoms with Crippen LogP contribution in [0.15, 0.2) is 0 Å². The fourth-order valence-electron chi connectivity index (χ4n) is 0.679. The van der Waals surface area contributed by atoms with Crippen molar-refractivity contribution in [3.63, 3.8) is 0 Å². The second kappa shape index (κ2) is 7.96. The Kier molecular flexibility index (Phi) is 2.99. The third kappa shape index (κ3) is 7.96. The molecule has 1 nitrogen and oxygen atoms in total. The third-order valence-electron chi connectivity index (χ3n) is 1.21. The highest BCUT2D eigenvalue weighted by molar-refractivity contribution is 4.41. The summed E-state index contributed by atoms with van der Waals surface area (Å²) >= 11 is 0. The van der Waals surface area contributed by atoms with E-state index in [1.165, 1.54) is 0 Å².